The van der Waals surface area contributed by atoms with Gasteiger partial charge in [0.25, 0.3) is 0 Å². The predicted octanol–water partition coefficient (Wildman–Crippen LogP) is 4.12. The Bertz CT molecular complexity index is 465. The Balaban J connectivity index is 3.42. The van der Waals surface area contributed by atoms with Crippen LogP contribution in [0.4, 0.5) is 36.4 Å². The highest BCUT2D eigenvalue weighted by molar-refractivity contribution is 5.51. The molecule has 0 aliphatic carbocycles. The van der Waals surface area contributed by atoms with Gasteiger partial charge in [-0.2, -0.15) is 30.7 Å². The monoisotopic (exact) mass is 289 g/mol. The van der Waals surface area contributed by atoms with Gasteiger partial charge in [0.05, 0.1) is 5.56 Å². The van der Waals surface area contributed by atoms with Gasteiger partial charge in [-0.3, -0.25) is 0 Å². The first-order valence-corrected chi connectivity index (χ1v) is 5.16. The predicted molar refractivity (Wildman–Crippen MR) is 55.1 cm³/mol. The second-order valence-electron chi connectivity index (χ2n) is 3.92. The maximum absolute atomic E-state index is 13.5. The highest BCUT2D eigenvalue weighted by Gasteiger charge is 2.73. The van der Waals surface area contributed by atoms with Gasteiger partial charge < -0.3 is 5.73 Å². The van der Waals surface area contributed by atoms with E-state index in [4.69, 9.17) is 5.73 Å². The van der Waals surface area contributed by atoms with Crippen LogP contribution in [0.15, 0.2) is 18.2 Å². The average Bonchev–Trinajstić information content (AvgIpc) is 2.27. The molecule has 19 heavy (non-hydrogen) atoms. The zero-order valence-corrected chi connectivity index (χ0v) is 9.66. The molecule has 0 bridgehead atoms. The van der Waals surface area contributed by atoms with Crippen LogP contribution in [0.3, 0.4) is 0 Å². The summed E-state index contributed by atoms with van der Waals surface area (Å²) in [7, 11) is 0. The normalized spacial score (nSPS) is 13.7. The summed E-state index contributed by atoms with van der Waals surface area (Å²) in [5.41, 5.74) is 2.94. The number of aryl methyl sites for hydroxylation is 1. The summed E-state index contributed by atoms with van der Waals surface area (Å²) in [4.78, 5) is 0. The molecule has 0 amide bonds. The van der Waals surface area contributed by atoms with Gasteiger partial charge in [0.2, 0.25) is 0 Å². The fourth-order valence-electron chi connectivity index (χ4n) is 1.44. The third-order valence-corrected chi connectivity index (χ3v) is 2.61. The molecule has 0 aromatic heterocycles. The van der Waals surface area contributed by atoms with Crippen LogP contribution in [0, 0.1) is 0 Å². The summed E-state index contributed by atoms with van der Waals surface area (Å²) in [5, 5.41) is 0. The maximum atomic E-state index is 13.5. The summed E-state index contributed by atoms with van der Waals surface area (Å²) in [5.74, 6) is -11.6. The van der Waals surface area contributed by atoms with Gasteiger partial charge in [-0.1, -0.05) is 13.0 Å². The van der Waals surface area contributed by atoms with Gasteiger partial charge in [-0.05, 0) is 24.1 Å². The molecule has 2 N–H and O–H groups in total. The first-order valence-electron chi connectivity index (χ1n) is 5.16. The van der Waals surface area contributed by atoms with Crippen molar-refractivity contribution in [1.29, 1.82) is 0 Å². The highest BCUT2D eigenvalue weighted by Crippen LogP contribution is 2.52. The van der Waals surface area contributed by atoms with Crippen molar-refractivity contribution in [2.24, 2.45) is 0 Å². The van der Waals surface area contributed by atoms with Crippen molar-refractivity contribution in [2.45, 2.75) is 31.4 Å². The molecule has 0 aliphatic rings. The molecule has 0 radical (unpaired) electrons. The zero-order valence-electron chi connectivity index (χ0n) is 9.66. The van der Waals surface area contributed by atoms with Crippen LogP contribution in [0.2, 0.25) is 0 Å². The van der Waals surface area contributed by atoms with E-state index in [1.54, 1.807) is 0 Å². The molecule has 108 valence electrons. The Morgan fingerprint density at radius 1 is 1.00 bits per heavy atom. The van der Waals surface area contributed by atoms with E-state index in [1.807, 2.05) is 0 Å². The quantitative estimate of drug-likeness (QED) is 0.657. The summed E-state index contributed by atoms with van der Waals surface area (Å²) < 4.78 is 88.8. The summed E-state index contributed by atoms with van der Waals surface area (Å²) in [6.45, 7) is 1.54. The fourth-order valence-corrected chi connectivity index (χ4v) is 1.44. The maximum Gasteiger partial charge on any atom is 0.460 e. The third kappa shape index (κ3) is 2.48. The molecule has 0 spiro atoms. The first kappa shape index (κ1) is 15.6. The van der Waals surface area contributed by atoms with Crippen molar-refractivity contribution < 1.29 is 30.7 Å². The Morgan fingerprint density at radius 2 is 1.53 bits per heavy atom. The van der Waals surface area contributed by atoms with E-state index in [9.17, 15) is 30.7 Å². The van der Waals surface area contributed by atoms with Gasteiger partial charge in [-0.25, -0.2) is 0 Å². The lowest BCUT2D eigenvalue weighted by molar-refractivity contribution is -0.359. The number of nitrogen functional groups attached to an aromatic ring is 1. The van der Waals surface area contributed by atoms with Crippen molar-refractivity contribution >= 4 is 5.69 Å². The lowest BCUT2D eigenvalue weighted by Gasteiger charge is -2.29. The average molecular weight is 289 g/mol. The Morgan fingerprint density at radius 3 is 1.95 bits per heavy atom. The number of nitrogens with two attached hydrogens (primary N) is 1. The van der Waals surface area contributed by atoms with Crippen LogP contribution in [0.1, 0.15) is 18.1 Å². The van der Waals surface area contributed by atoms with Crippen LogP contribution in [0.25, 0.3) is 0 Å². The van der Waals surface area contributed by atoms with E-state index in [0.29, 0.717) is 6.07 Å². The molecule has 1 aromatic rings. The van der Waals surface area contributed by atoms with Crippen molar-refractivity contribution in [3.05, 3.63) is 29.3 Å². The third-order valence-electron chi connectivity index (χ3n) is 2.61. The second-order valence-corrected chi connectivity index (χ2v) is 3.92. The minimum atomic E-state index is -6.37. The van der Waals surface area contributed by atoms with Crippen molar-refractivity contribution in [3.8, 4) is 0 Å². The molecule has 0 aliphatic heterocycles. The van der Waals surface area contributed by atoms with Crippen LogP contribution in [-0.2, 0) is 12.3 Å². The molecule has 8 heteroatoms. The van der Waals surface area contributed by atoms with Crippen LogP contribution in [-0.4, -0.2) is 12.1 Å². The van der Waals surface area contributed by atoms with E-state index < -0.39 is 29.3 Å². The lowest BCUT2D eigenvalue weighted by Crippen LogP contribution is -2.50. The SMILES string of the molecule is CCc1ccc(N)c(C(F)(F)C(F)(F)C(F)(F)F)c1. The largest absolute Gasteiger partial charge is 0.460 e. The molecule has 0 unspecified atom stereocenters. The molecule has 1 aromatic carbocycles. The van der Waals surface area contributed by atoms with Gasteiger partial charge >= 0.3 is 18.0 Å². The number of hydrogen-bond donors (Lipinski definition) is 1. The molecule has 0 saturated carbocycles. The second kappa shape index (κ2) is 4.57. The standard InChI is InChI=1S/C11H10F7N/c1-2-6-3-4-8(19)7(5-6)9(12,13)10(14,15)11(16,17)18/h3-5H,2,19H2,1H3. The van der Waals surface area contributed by atoms with E-state index in [1.165, 1.54) is 13.0 Å². The number of anilines is 1. The first-order chi connectivity index (χ1) is 8.45. The number of hydrogen-bond acceptors (Lipinski definition) is 1. The minimum absolute atomic E-state index is 0.182. The number of halogens is 7. The molecular formula is C11H10F7N. The lowest BCUT2D eigenvalue weighted by atomic mass is 9.97. The van der Waals surface area contributed by atoms with Gasteiger partial charge in [0.1, 0.15) is 0 Å². The number of rotatable bonds is 3. The highest BCUT2D eigenvalue weighted by atomic mass is 19.4. The smallest absolute Gasteiger partial charge is 0.398 e. The molecule has 0 heterocycles. The van der Waals surface area contributed by atoms with Crippen molar-refractivity contribution in [2.75, 3.05) is 5.73 Å². The molecular weight excluding hydrogens is 279 g/mol. The van der Waals surface area contributed by atoms with E-state index in [2.05, 4.69) is 0 Å². The Hall–Kier alpha value is -1.47. The minimum Gasteiger partial charge on any atom is -0.398 e. The number of benzene rings is 1. The van der Waals surface area contributed by atoms with E-state index in [-0.39, 0.29) is 12.0 Å². The van der Waals surface area contributed by atoms with E-state index in [0.717, 1.165) is 6.07 Å². The molecule has 0 saturated heterocycles. The van der Waals surface area contributed by atoms with Crippen molar-refractivity contribution in [3.63, 3.8) is 0 Å². The Labute approximate surface area is 104 Å². The molecule has 0 atom stereocenters. The van der Waals surface area contributed by atoms with Gasteiger partial charge in [0, 0.05) is 5.69 Å². The summed E-state index contributed by atoms with van der Waals surface area (Å²) in [6.07, 6.45) is -6.17. The zero-order chi connectivity index (χ0) is 15.1. The van der Waals surface area contributed by atoms with Crippen LogP contribution >= 0.6 is 0 Å². The van der Waals surface area contributed by atoms with Gasteiger partial charge in [-0.15, -0.1) is 0 Å². The Kier molecular flexibility index (Phi) is 3.75. The summed E-state index contributed by atoms with van der Waals surface area (Å²) in [6, 6.07) is 2.73. The number of alkyl halides is 7. The summed E-state index contributed by atoms with van der Waals surface area (Å²) >= 11 is 0. The van der Waals surface area contributed by atoms with Crippen LogP contribution < -0.4 is 5.73 Å². The van der Waals surface area contributed by atoms with Gasteiger partial charge in [0.15, 0.2) is 0 Å². The molecule has 0 fully saturated rings. The van der Waals surface area contributed by atoms with E-state index >= 15 is 0 Å². The van der Waals surface area contributed by atoms with Crippen LogP contribution in [0.5, 0.6) is 0 Å². The fraction of sp³-hybridized carbons (Fsp3) is 0.455. The topological polar surface area (TPSA) is 26.0 Å². The molecule has 1 nitrogen and oxygen atoms in total. The molecule has 1 rings (SSSR count). The van der Waals surface area contributed by atoms with Crippen molar-refractivity contribution in [1.82, 2.24) is 0 Å².